The van der Waals surface area contributed by atoms with E-state index in [-0.39, 0.29) is 23.3 Å². The maximum Gasteiger partial charge on any atom is 0.338 e. The number of carbonyl (C=O) groups excluding carboxylic acids is 1. The number of rotatable bonds is 9. The Hall–Kier alpha value is -3.39. The lowest BCUT2D eigenvalue weighted by Gasteiger charge is -2.27. The van der Waals surface area contributed by atoms with E-state index in [0.29, 0.717) is 64.0 Å². The number of furan rings is 1. The molecule has 43 heavy (non-hydrogen) atoms. The number of aromatic amines is 1. The molecular formula is C29H26BrClN4O6S2. The molecule has 1 aliphatic heterocycles. The Morgan fingerprint density at radius 2 is 2.07 bits per heavy atom. The van der Waals surface area contributed by atoms with Gasteiger partial charge in [-0.15, -0.1) is 0 Å². The highest BCUT2D eigenvalue weighted by molar-refractivity contribution is 9.10. The first-order valence-corrected chi connectivity index (χ1v) is 16.0. The quantitative estimate of drug-likeness (QED) is 0.187. The second-order valence-corrected chi connectivity index (χ2v) is 12.6. The largest absolute Gasteiger partial charge is 0.496 e. The zero-order valence-corrected chi connectivity index (χ0v) is 27.5. The number of aromatic nitrogens is 3. The van der Waals surface area contributed by atoms with Gasteiger partial charge in [0.15, 0.2) is 15.1 Å². The smallest absolute Gasteiger partial charge is 0.338 e. The van der Waals surface area contributed by atoms with Gasteiger partial charge in [0, 0.05) is 28.4 Å². The van der Waals surface area contributed by atoms with Gasteiger partial charge in [0.2, 0.25) is 0 Å². The maximum atomic E-state index is 14.1. The van der Waals surface area contributed by atoms with Crippen LogP contribution in [0.1, 0.15) is 49.7 Å². The zero-order valence-electron chi connectivity index (χ0n) is 23.5. The fourth-order valence-electron chi connectivity index (χ4n) is 4.66. The van der Waals surface area contributed by atoms with E-state index < -0.39 is 12.0 Å². The van der Waals surface area contributed by atoms with E-state index in [2.05, 4.69) is 25.9 Å². The third-order valence-electron chi connectivity index (χ3n) is 6.36. The van der Waals surface area contributed by atoms with E-state index in [1.165, 1.54) is 29.1 Å². The fourth-order valence-corrected chi connectivity index (χ4v) is 7.20. The highest BCUT2D eigenvalue weighted by Crippen LogP contribution is 2.38. The van der Waals surface area contributed by atoms with Crippen LogP contribution in [0, 0.1) is 6.92 Å². The maximum absolute atomic E-state index is 14.1. The minimum atomic E-state index is -0.883. The highest BCUT2D eigenvalue weighted by atomic mass is 79.9. The topological polar surface area (TPSA) is 129 Å². The van der Waals surface area contributed by atoms with Crippen LogP contribution in [0.3, 0.4) is 0 Å². The van der Waals surface area contributed by atoms with Crippen molar-refractivity contribution >= 4 is 62.7 Å². The van der Waals surface area contributed by atoms with Crippen LogP contribution >= 0.6 is 50.6 Å². The zero-order chi connectivity index (χ0) is 30.8. The summed E-state index contributed by atoms with van der Waals surface area (Å²) in [6.07, 6.45) is 2.84. The lowest BCUT2D eigenvalue weighted by Crippen LogP contribution is -2.40. The Kier molecular flexibility index (Phi) is 9.45. The summed E-state index contributed by atoms with van der Waals surface area (Å²) in [6.45, 7) is 5.60. The number of fused-ring (bicyclic) bond motifs is 1. The van der Waals surface area contributed by atoms with Crippen molar-refractivity contribution in [3.8, 4) is 5.75 Å². The van der Waals surface area contributed by atoms with Crippen molar-refractivity contribution in [2.45, 2.75) is 49.9 Å². The SMILES string of the molecule is CCCC1=C(C(=O)OCC)[C@@H](c2cc(Cl)ccc2OC)n2c(s/c(=C\c3cc(Br)c(Sc4nc(C)cc(=O)[nH]4)o3)c2=O)=N1. The molecule has 4 aromatic rings. The first-order valence-electron chi connectivity index (χ1n) is 13.2. The number of H-pyrrole nitrogens is 1. The number of nitrogens with one attached hydrogen (secondary N) is 1. The van der Waals surface area contributed by atoms with E-state index in [4.69, 9.17) is 30.5 Å². The standard InChI is InChI=1S/C29H26BrClN4O6S2/c1-5-7-19-23(26(38)40-6-2)24(17-11-15(31)8-9-20(17)39-4)35-25(37)21(42-29(35)33-19)13-16-12-18(30)27(41-16)43-28-32-14(3)10-22(36)34-28/h8-13,24H,5-7H2,1-4H3,(H,32,34,36)/b21-13-/t24-/m1/s1. The van der Waals surface area contributed by atoms with Crippen molar-refractivity contribution < 1.29 is 18.7 Å². The molecule has 0 amide bonds. The van der Waals surface area contributed by atoms with Crippen molar-refractivity contribution in [3.05, 3.63) is 98.2 Å². The van der Waals surface area contributed by atoms with Gasteiger partial charge < -0.3 is 18.9 Å². The van der Waals surface area contributed by atoms with Crippen molar-refractivity contribution in [2.24, 2.45) is 4.99 Å². The molecule has 224 valence electrons. The number of carbonyl (C=O) groups is 1. The van der Waals surface area contributed by atoms with Gasteiger partial charge >= 0.3 is 5.97 Å². The summed E-state index contributed by atoms with van der Waals surface area (Å²) in [4.78, 5) is 51.5. The van der Waals surface area contributed by atoms with Crippen LogP contribution in [0.5, 0.6) is 5.75 Å². The molecule has 10 nitrogen and oxygen atoms in total. The fraction of sp³-hybridized carbons (Fsp3) is 0.276. The van der Waals surface area contributed by atoms with Gasteiger partial charge in [0.05, 0.1) is 34.0 Å². The Balaban J connectivity index is 1.68. The Morgan fingerprint density at radius 1 is 1.28 bits per heavy atom. The molecule has 1 aromatic carbocycles. The van der Waals surface area contributed by atoms with Crippen molar-refractivity contribution in [3.63, 3.8) is 0 Å². The van der Waals surface area contributed by atoms with Gasteiger partial charge in [-0.25, -0.2) is 14.8 Å². The van der Waals surface area contributed by atoms with Gasteiger partial charge in [-0.2, -0.15) is 0 Å². The van der Waals surface area contributed by atoms with Gasteiger partial charge in [0.25, 0.3) is 11.1 Å². The Bertz CT molecular complexity index is 1990. The summed E-state index contributed by atoms with van der Waals surface area (Å²) in [5.74, 6) is 0.295. The predicted molar refractivity (Wildman–Crippen MR) is 168 cm³/mol. The monoisotopic (exact) mass is 704 g/mol. The number of allylic oxidation sites excluding steroid dienone is 1. The van der Waals surface area contributed by atoms with Crippen LogP contribution in [-0.4, -0.2) is 34.2 Å². The number of hydrogen-bond donors (Lipinski definition) is 1. The molecule has 0 spiro atoms. The summed E-state index contributed by atoms with van der Waals surface area (Å²) < 4.78 is 19.5. The summed E-state index contributed by atoms with van der Waals surface area (Å²) in [6, 6.07) is 7.31. The van der Waals surface area contributed by atoms with Gasteiger partial charge in [-0.05, 0) is 72.2 Å². The predicted octanol–water partition coefficient (Wildman–Crippen LogP) is 5.14. The minimum Gasteiger partial charge on any atom is -0.496 e. The van der Waals surface area contributed by atoms with Crippen LogP contribution in [0.15, 0.2) is 75.3 Å². The second kappa shape index (κ2) is 13.1. The molecule has 4 heterocycles. The number of thiazole rings is 1. The minimum absolute atomic E-state index is 0.158. The second-order valence-electron chi connectivity index (χ2n) is 9.38. The molecule has 1 atom stereocenters. The van der Waals surface area contributed by atoms with Gasteiger partial charge in [-0.1, -0.05) is 36.3 Å². The van der Waals surface area contributed by atoms with E-state index >= 15 is 0 Å². The molecule has 1 N–H and O–H groups in total. The molecule has 0 saturated carbocycles. The van der Waals surface area contributed by atoms with E-state index in [1.54, 1.807) is 44.2 Å². The molecule has 0 bridgehead atoms. The first kappa shape index (κ1) is 31.0. The number of nitrogens with zero attached hydrogens (tertiary/aromatic N) is 3. The number of hydrogen-bond acceptors (Lipinski definition) is 10. The molecular weight excluding hydrogens is 680 g/mol. The van der Waals surface area contributed by atoms with Crippen LogP contribution in [0.4, 0.5) is 0 Å². The Labute approximate surface area is 267 Å². The number of methoxy groups -OCH3 is 1. The normalized spacial score (nSPS) is 14.9. The van der Waals surface area contributed by atoms with Crippen molar-refractivity contribution in [2.75, 3.05) is 13.7 Å². The first-order chi connectivity index (χ1) is 20.6. The lowest BCUT2D eigenvalue weighted by atomic mass is 9.93. The average molecular weight is 706 g/mol. The summed E-state index contributed by atoms with van der Waals surface area (Å²) >= 11 is 12.2. The lowest BCUT2D eigenvalue weighted by molar-refractivity contribution is -0.139. The van der Waals surface area contributed by atoms with Gasteiger partial charge in [0.1, 0.15) is 17.6 Å². The van der Waals surface area contributed by atoms with Crippen LogP contribution in [0.25, 0.3) is 6.08 Å². The molecule has 14 heteroatoms. The number of aryl methyl sites for hydroxylation is 1. The number of benzene rings is 1. The molecule has 5 rings (SSSR count). The van der Waals surface area contributed by atoms with Crippen LogP contribution < -0.4 is 25.2 Å². The summed E-state index contributed by atoms with van der Waals surface area (Å²) in [5, 5.41) is 1.24. The molecule has 0 saturated heterocycles. The molecule has 1 aliphatic rings. The third kappa shape index (κ3) is 6.44. The average Bonchev–Trinajstić information content (AvgIpc) is 3.45. The number of esters is 1. The number of halogens is 2. The number of ether oxygens (including phenoxy) is 2. The van der Waals surface area contributed by atoms with Crippen molar-refractivity contribution in [1.29, 1.82) is 0 Å². The molecule has 0 aliphatic carbocycles. The van der Waals surface area contributed by atoms with E-state index in [1.807, 2.05) is 6.92 Å². The van der Waals surface area contributed by atoms with Crippen LogP contribution in [0.2, 0.25) is 5.02 Å². The van der Waals surface area contributed by atoms with E-state index in [9.17, 15) is 14.4 Å². The summed E-state index contributed by atoms with van der Waals surface area (Å²) in [7, 11) is 1.52. The third-order valence-corrected chi connectivity index (χ3v) is 9.31. The molecule has 0 radical (unpaired) electrons. The molecule has 0 unspecified atom stereocenters. The van der Waals surface area contributed by atoms with Gasteiger partial charge in [-0.3, -0.25) is 14.2 Å². The van der Waals surface area contributed by atoms with Crippen LogP contribution in [-0.2, 0) is 9.53 Å². The molecule has 0 fully saturated rings. The highest BCUT2D eigenvalue weighted by Gasteiger charge is 2.36. The summed E-state index contributed by atoms with van der Waals surface area (Å²) in [5.41, 5.74) is 1.27. The van der Waals surface area contributed by atoms with Crippen molar-refractivity contribution in [1.82, 2.24) is 14.5 Å². The molecule has 3 aromatic heterocycles. The van der Waals surface area contributed by atoms with E-state index in [0.717, 1.165) is 18.2 Å². The Morgan fingerprint density at radius 3 is 2.77 bits per heavy atom.